The summed E-state index contributed by atoms with van der Waals surface area (Å²) in [6.45, 7) is 8.27. The molecule has 0 saturated carbocycles. The Labute approximate surface area is 123 Å². The molecule has 0 bridgehead atoms. The van der Waals surface area contributed by atoms with Crippen molar-refractivity contribution in [1.29, 1.82) is 0 Å². The van der Waals surface area contributed by atoms with Crippen LogP contribution in [0.5, 0.6) is 0 Å². The fourth-order valence-electron chi connectivity index (χ4n) is 2.56. The maximum absolute atomic E-state index is 11.8. The highest BCUT2D eigenvalue weighted by atomic mass is 35.5. The number of carbonyl (C=O) groups is 1. The van der Waals surface area contributed by atoms with E-state index < -0.39 is 5.91 Å². The lowest BCUT2D eigenvalue weighted by molar-refractivity contribution is 0.1000. The predicted molar refractivity (Wildman–Crippen MR) is 83.1 cm³/mol. The van der Waals surface area contributed by atoms with Crippen LogP contribution in [0.2, 0.25) is 5.02 Å². The number of aromatic nitrogens is 1. The number of primary amides is 1. The predicted octanol–water partition coefficient (Wildman–Crippen LogP) is 3.71. The molecule has 4 heteroatoms. The van der Waals surface area contributed by atoms with Crippen LogP contribution in [0, 0.1) is 13.8 Å². The Balaban J connectivity index is 2.73. The number of hydrogen-bond acceptors (Lipinski definition) is 1. The Morgan fingerprint density at radius 2 is 1.90 bits per heavy atom. The molecule has 2 N–H and O–H groups in total. The van der Waals surface area contributed by atoms with Gasteiger partial charge in [0.1, 0.15) is 0 Å². The van der Waals surface area contributed by atoms with Gasteiger partial charge in [0.25, 0.3) is 5.91 Å². The highest BCUT2D eigenvalue weighted by Crippen LogP contribution is 2.32. The van der Waals surface area contributed by atoms with Crippen molar-refractivity contribution in [2.24, 2.45) is 5.73 Å². The Hall–Kier alpha value is -2.00. The molecule has 0 radical (unpaired) electrons. The first-order valence-electron chi connectivity index (χ1n) is 6.33. The van der Waals surface area contributed by atoms with Crippen LogP contribution in [0.1, 0.15) is 21.7 Å². The van der Waals surface area contributed by atoms with Gasteiger partial charge in [0, 0.05) is 28.5 Å². The molecule has 0 unspecified atom stereocenters. The van der Waals surface area contributed by atoms with E-state index in [0.29, 0.717) is 17.1 Å². The van der Waals surface area contributed by atoms with E-state index >= 15 is 0 Å². The fraction of sp³-hybridized carbons (Fsp3) is 0.188. The van der Waals surface area contributed by atoms with Gasteiger partial charge < -0.3 is 10.3 Å². The number of carbonyl (C=O) groups excluding carboxylic acids is 1. The van der Waals surface area contributed by atoms with E-state index in [9.17, 15) is 4.79 Å². The second kappa shape index (κ2) is 5.55. The molecule has 0 spiro atoms. The minimum absolute atomic E-state index is 0.418. The van der Waals surface area contributed by atoms with Crippen molar-refractivity contribution >= 4 is 17.5 Å². The summed E-state index contributed by atoms with van der Waals surface area (Å²) in [6.07, 6.45) is 1.80. The summed E-state index contributed by atoms with van der Waals surface area (Å²) < 4.78 is 2.04. The number of rotatable bonds is 4. The minimum atomic E-state index is -0.418. The topological polar surface area (TPSA) is 48.0 Å². The number of benzene rings is 1. The number of halogens is 1. The molecule has 0 atom stereocenters. The summed E-state index contributed by atoms with van der Waals surface area (Å²) in [7, 11) is 0. The monoisotopic (exact) mass is 288 g/mol. The van der Waals surface area contributed by atoms with Crippen LogP contribution < -0.4 is 5.73 Å². The Kier molecular flexibility index (Phi) is 4.00. The molecule has 1 aromatic carbocycles. The van der Waals surface area contributed by atoms with E-state index in [2.05, 4.69) is 6.58 Å². The average Bonchev–Trinajstić information content (AvgIpc) is 2.65. The molecule has 0 saturated heterocycles. The third-order valence-corrected chi connectivity index (χ3v) is 3.73. The molecule has 1 heterocycles. The zero-order chi connectivity index (χ0) is 14.9. The number of hydrogen-bond donors (Lipinski definition) is 1. The first-order chi connectivity index (χ1) is 9.47. The molecule has 0 fully saturated rings. The highest BCUT2D eigenvalue weighted by molar-refractivity contribution is 6.30. The van der Waals surface area contributed by atoms with Crippen molar-refractivity contribution in [2.75, 3.05) is 0 Å². The molecule has 20 heavy (non-hydrogen) atoms. The lowest BCUT2D eigenvalue weighted by Crippen LogP contribution is -2.13. The van der Waals surface area contributed by atoms with E-state index in [1.165, 1.54) is 0 Å². The number of nitrogens with zero attached hydrogens (tertiary/aromatic N) is 1. The number of nitrogens with two attached hydrogens (primary N) is 1. The van der Waals surface area contributed by atoms with Crippen LogP contribution in [0.15, 0.2) is 36.9 Å². The third-order valence-electron chi connectivity index (χ3n) is 3.47. The first kappa shape index (κ1) is 14.4. The first-order valence-corrected chi connectivity index (χ1v) is 6.71. The number of amides is 1. The van der Waals surface area contributed by atoms with Gasteiger partial charge in [-0.2, -0.15) is 0 Å². The minimum Gasteiger partial charge on any atom is -0.366 e. The molecule has 1 aromatic heterocycles. The van der Waals surface area contributed by atoms with Crippen molar-refractivity contribution in [3.8, 4) is 11.1 Å². The maximum atomic E-state index is 11.8. The summed E-state index contributed by atoms with van der Waals surface area (Å²) >= 11 is 5.92. The summed E-state index contributed by atoms with van der Waals surface area (Å²) in [6, 6.07) is 7.41. The molecular formula is C16H17ClN2O. The largest absolute Gasteiger partial charge is 0.366 e. The van der Waals surface area contributed by atoms with Crippen LogP contribution >= 0.6 is 11.6 Å². The van der Waals surface area contributed by atoms with Crippen LogP contribution in [0.4, 0.5) is 0 Å². The maximum Gasteiger partial charge on any atom is 0.251 e. The quantitative estimate of drug-likeness (QED) is 0.857. The van der Waals surface area contributed by atoms with Gasteiger partial charge in [-0.3, -0.25) is 4.79 Å². The van der Waals surface area contributed by atoms with Crippen molar-refractivity contribution in [3.63, 3.8) is 0 Å². The lowest BCUT2D eigenvalue weighted by Gasteiger charge is -2.06. The van der Waals surface area contributed by atoms with Gasteiger partial charge in [-0.25, -0.2) is 0 Å². The Morgan fingerprint density at radius 1 is 1.30 bits per heavy atom. The van der Waals surface area contributed by atoms with Crippen molar-refractivity contribution in [2.45, 2.75) is 20.4 Å². The van der Waals surface area contributed by atoms with Gasteiger partial charge in [0.2, 0.25) is 0 Å². The van der Waals surface area contributed by atoms with Crippen molar-refractivity contribution in [3.05, 3.63) is 58.9 Å². The molecule has 2 aromatic rings. The molecular weight excluding hydrogens is 272 g/mol. The third kappa shape index (κ3) is 2.37. The van der Waals surface area contributed by atoms with Gasteiger partial charge in [-0.15, -0.1) is 6.58 Å². The van der Waals surface area contributed by atoms with E-state index in [1.807, 2.05) is 30.5 Å². The van der Waals surface area contributed by atoms with Crippen LogP contribution in [-0.4, -0.2) is 10.5 Å². The second-order valence-corrected chi connectivity index (χ2v) is 5.13. The second-order valence-electron chi connectivity index (χ2n) is 4.69. The normalized spacial score (nSPS) is 10.6. The van der Waals surface area contributed by atoms with E-state index in [-0.39, 0.29) is 0 Å². The van der Waals surface area contributed by atoms with Gasteiger partial charge >= 0.3 is 0 Å². The van der Waals surface area contributed by atoms with Gasteiger partial charge in [0.05, 0.1) is 5.56 Å². The van der Waals surface area contributed by atoms with E-state index in [4.69, 9.17) is 17.3 Å². The van der Waals surface area contributed by atoms with Crippen LogP contribution in [0.3, 0.4) is 0 Å². The molecule has 104 valence electrons. The van der Waals surface area contributed by atoms with Crippen molar-refractivity contribution < 1.29 is 4.79 Å². The van der Waals surface area contributed by atoms with Gasteiger partial charge in [-0.1, -0.05) is 29.8 Å². The summed E-state index contributed by atoms with van der Waals surface area (Å²) in [5, 5.41) is 0.661. The van der Waals surface area contributed by atoms with Crippen LogP contribution in [-0.2, 0) is 6.54 Å². The fourth-order valence-corrected chi connectivity index (χ4v) is 2.68. The summed E-state index contributed by atoms with van der Waals surface area (Å²) in [4.78, 5) is 11.8. The molecule has 1 amide bonds. The van der Waals surface area contributed by atoms with E-state index in [0.717, 1.165) is 22.5 Å². The lowest BCUT2D eigenvalue weighted by atomic mass is 10.0. The van der Waals surface area contributed by atoms with Crippen molar-refractivity contribution in [1.82, 2.24) is 4.57 Å². The standard InChI is InChI=1S/C16H17ClN2O/c1-4-9-19-10(2)14(15(11(19)3)16(18)20)12-5-7-13(17)8-6-12/h4-8H,1,9H2,2-3H3,(H2,18,20). The molecule has 0 aliphatic carbocycles. The molecule has 2 rings (SSSR count). The summed E-state index contributed by atoms with van der Waals surface area (Å²) in [5.74, 6) is -0.418. The SMILES string of the molecule is C=CCn1c(C)c(C(N)=O)c(-c2ccc(Cl)cc2)c1C. The molecule has 0 aliphatic heterocycles. The van der Waals surface area contributed by atoms with E-state index in [1.54, 1.807) is 18.2 Å². The Bertz CT molecular complexity index is 669. The van der Waals surface area contributed by atoms with Crippen LogP contribution in [0.25, 0.3) is 11.1 Å². The molecule has 0 aliphatic rings. The summed E-state index contributed by atoms with van der Waals surface area (Å²) in [5.41, 5.74) is 9.78. The zero-order valence-corrected chi connectivity index (χ0v) is 12.4. The average molecular weight is 289 g/mol. The van der Waals surface area contributed by atoms with Gasteiger partial charge in [0.15, 0.2) is 0 Å². The zero-order valence-electron chi connectivity index (χ0n) is 11.6. The molecule has 3 nitrogen and oxygen atoms in total. The van der Waals surface area contributed by atoms with Gasteiger partial charge in [-0.05, 0) is 31.5 Å². The highest BCUT2D eigenvalue weighted by Gasteiger charge is 2.21. The Morgan fingerprint density at radius 3 is 2.40 bits per heavy atom. The number of allylic oxidation sites excluding steroid dienone is 1. The smallest absolute Gasteiger partial charge is 0.251 e.